The maximum Gasteiger partial charge on any atom is 0.0594 e. The molecule has 0 heterocycles. The van der Waals surface area contributed by atoms with Crippen molar-refractivity contribution in [3.8, 4) is 0 Å². The summed E-state index contributed by atoms with van der Waals surface area (Å²) in [6, 6.07) is 0. The van der Waals surface area contributed by atoms with Crippen molar-refractivity contribution in [2.75, 3.05) is 0 Å². The summed E-state index contributed by atoms with van der Waals surface area (Å²) in [6.07, 6.45) is 13.4. The van der Waals surface area contributed by atoms with E-state index in [1.807, 2.05) is 0 Å². The van der Waals surface area contributed by atoms with Crippen molar-refractivity contribution in [1.82, 2.24) is 0 Å². The number of aliphatic hydroxyl groups is 1. The van der Waals surface area contributed by atoms with Crippen LogP contribution < -0.4 is 0 Å². The van der Waals surface area contributed by atoms with E-state index in [1.54, 1.807) is 0 Å². The average molecular weight is 427 g/mol. The highest BCUT2D eigenvalue weighted by molar-refractivity contribution is 5.21. The number of allylic oxidation sites excluding steroid dienone is 1. The first-order valence-electron chi connectivity index (χ1n) is 13.6. The van der Waals surface area contributed by atoms with Gasteiger partial charge in [0.2, 0.25) is 0 Å². The van der Waals surface area contributed by atoms with Crippen LogP contribution in [0.5, 0.6) is 0 Å². The topological polar surface area (TPSA) is 20.2 Å². The number of aliphatic hydroxyl groups excluding tert-OH is 1. The Bertz CT molecular complexity index is 766. The van der Waals surface area contributed by atoms with Gasteiger partial charge in [-0.15, -0.1) is 0 Å². The minimum atomic E-state index is -0.118. The van der Waals surface area contributed by atoms with Crippen LogP contribution >= 0.6 is 0 Å². The summed E-state index contributed by atoms with van der Waals surface area (Å²) in [5, 5.41) is 10.9. The van der Waals surface area contributed by atoms with Gasteiger partial charge in [0, 0.05) is 0 Å². The number of rotatable bonds is 1. The highest BCUT2D eigenvalue weighted by atomic mass is 16.3. The first-order chi connectivity index (χ1) is 14.3. The van der Waals surface area contributed by atoms with Crippen LogP contribution in [-0.4, -0.2) is 11.2 Å². The fourth-order valence-electron chi connectivity index (χ4n) is 11.5. The molecule has 5 fully saturated rings. The number of fused-ring (bicyclic) bond motifs is 7. The molecule has 0 aromatic rings. The summed E-state index contributed by atoms with van der Waals surface area (Å²) in [5.41, 5.74) is 3.38. The molecule has 1 nitrogen and oxygen atoms in total. The van der Waals surface area contributed by atoms with E-state index in [2.05, 4.69) is 55.0 Å². The van der Waals surface area contributed by atoms with E-state index in [0.717, 1.165) is 30.1 Å². The normalized spacial score (nSPS) is 57.9. The lowest BCUT2D eigenvalue weighted by molar-refractivity contribution is -0.246. The highest BCUT2D eigenvalue weighted by Gasteiger charge is 2.70. The van der Waals surface area contributed by atoms with Gasteiger partial charge in [-0.25, -0.2) is 0 Å². The summed E-state index contributed by atoms with van der Waals surface area (Å²) in [7, 11) is 0. The predicted octanol–water partition coefficient (Wildman–Crippen LogP) is 8.02. The molecule has 0 amide bonds. The maximum absolute atomic E-state index is 10.9. The molecule has 5 saturated carbocycles. The van der Waals surface area contributed by atoms with Crippen molar-refractivity contribution in [3.05, 3.63) is 12.2 Å². The van der Waals surface area contributed by atoms with Gasteiger partial charge in [0.15, 0.2) is 0 Å². The molecule has 5 aliphatic rings. The van der Waals surface area contributed by atoms with Crippen LogP contribution in [0.4, 0.5) is 0 Å². The summed E-state index contributed by atoms with van der Waals surface area (Å²) in [5.74, 6) is 3.98. The zero-order chi connectivity index (χ0) is 22.6. The van der Waals surface area contributed by atoms with Crippen molar-refractivity contribution in [1.29, 1.82) is 0 Å². The molecule has 0 radical (unpaired) electrons. The van der Waals surface area contributed by atoms with Gasteiger partial charge in [-0.2, -0.15) is 0 Å². The molecule has 0 aliphatic heterocycles. The molecule has 1 N–H and O–H groups in total. The third kappa shape index (κ3) is 2.65. The van der Waals surface area contributed by atoms with Gasteiger partial charge in [0.25, 0.3) is 0 Å². The minimum Gasteiger partial charge on any atom is -0.393 e. The van der Waals surface area contributed by atoms with Crippen LogP contribution in [0.15, 0.2) is 12.2 Å². The predicted molar refractivity (Wildman–Crippen MR) is 131 cm³/mol. The summed E-state index contributed by atoms with van der Waals surface area (Å²) < 4.78 is 0. The summed E-state index contributed by atoms with van der Waals surface area (Å²) in [6.45, 7) is 22.3. The summed E-state index contributed by atoms with van der Waals surface area (Å²) in [4.78, 5) is 0. The van der Waals surface area contributed by atoms with E-state index in [0.29, 0.717) is 27.6 Å². The zero-order valence-corrected chi connectivity index (χ0v) is 21.7. The van der Waals surface area contributed by atoms with Crippen LogP contribution in [0.3, 0.4) is 0 Å². The Morgan fingerprint density at radius 1 is 0.742 bits per heavy atom. The molecule has 1 heteroatoms. The second kappa shape index (κ2) is 6.64. The Labute approximate surface area is 192 Å². The molecule has 0 aromatic heterocycles. The Hall–Kier alpha value is -0.300. The second-order valence-corrected chi connectivity index (χ2v) is 14.7. The van der Waals surface area contributed by atoms with Crippen LogP contribution in [-0.2, 0) is 0 Å². The van der Waals surface area contributed by atoms with Gasteiger partial charge in [0.1, 0.15) is 0 Å². The smallest absolute Gasteiger partial charge is 0.0594 e. The lowest BCUT2D eigenvalue weighted by atomic mass is 9.32. The Morgan fingerprint density at radius 2 is 1.45 bits per heavy atom. The largest absolute Gasteiger partial charge is 0.393 e. The van der Waals surface area contributed by atoms with Gasteiger partial charge in [0.05, 0.1) is 6.10 Å². The van der Waals surface area contributed by atoms with Crippen LogP contribution in [0.25, 0.3) is 0 Å². The van der Waals surface area contributed by atoms with Crippen molar-refractivity contribution in [2.24, 2.45) is 56.7 Å². The molecule has 0 aromatic carbocycles. The molecule has 31 heavy (non-hydrogen) atoms. The maximum atomic E-state index is 10.9. The van der Waals surface area contributed by atoms with Crippen LogP contribution in [0.2, 0.25) is 0 Å². The fraction of sp³-hybridized carbons (Fsp3) is 0.933. The number of hydrogen-bond donors (Lipinski definition) is 1. The fourth-order valence-corrected chi connectivity index (χ4v) is 11.5. The van der Waals surface area contributed by atoms with E-state index in [-0.39, 0.29) is 11.5 Å². The molecule has 0 saturated heterocycles. The third-order valence-corrected chi connectivity index (χ3v) is 13.5. The average Bonchev–Trinajstić information content (AvgIpc) is 3.04. The SMILES string of the molecule is C=C(C)[C@@H]1CCC2(C)CC[C@]3(C)C(CCC4[C@@]5(C)CCC(O)C(C)(C)C5CC[C@]43C)C12. The van der Waals surface area contributed by atoms with E-state index in [1.165, 1.54) is 63.4 Å². The minimum absolute atomic E-state index is 0.0632. The van der Waals surface area contributed by atoms with E-state index in [9.17, 15) is 5.11 Å². The van der Waals surface area contributed by atoms with Crippen molar-refractivity contribution in [3.63, 3.8) is 0 Å². The molecule has 5 aliphatic carbocycles. The van der Waals surface area contributed by atoms with E-state index < -0.39 is 0 Å². The Kier molecular flexibility index (Phi) is 4.82. The molecule has 10 atom stereocenters. The standard InChI is InChI=1S/C30H50O/c1-19(2)20-11-14-27(5)17-18-29(7)21(25(20)27)9-10-23-28(6)15-13-24(31)26(3,4)22(28)12-16-30(23,29)8/h20-25,31H,1,9-18H2,2-8H3/t20-,21?,22?,23?,24?,25?,27?,28-,29+,30+/m0/s1. The van der Waals surface area contributed by atoms with Crippen molar-refractivity contribution < 1.29 is 5.11 Å². The van der Waals surface area contributed by atoms with E-state index in [4.69, 9.17) is 0 Å². The summed E-state index contributed by atoms with van der Waals surface area (Å²) >= 11 is 0. The van der Waals surface area contributed by atoms with Crippen LogP contribution in [0.1, 0.15) is 113 Å². The molecule has 176 valence electrons. The van der Waals surface area contributed by atoms with Gasteiger partial charge in [-0.05, 0) is 128 Å². The quantitative estimate of drug-likeness (QED) is 0.421. The lowest BCUT2D eigenvalue weighted by Crippen LogP contribution is -2.66. The first kappa shape index (κ1) is 22.5. The zero-order valence-electron chi connectivity index (χ0n) is 21.7. The molecule has 6 unspecified atom stereocenters. The van der Waals surface area contributed by atoms with Crippen molar-refractivity contribution in [2.45, 2.75) is 119 Å². The number of hydrogen-bond acceptors (Lipinski definition) is 1. The van der Waals surface area contributed by atoms with Gasteiger partial charge < -0.3 is 5.11 Å². The van der Waals surface area contributed by atoms with Gasteiger partial charge >= 0.3 is 0 Å². The van der Waals surface area contributed by atoms with E-state index >= 15 is 0 Å². The Balaban J connectivity index is 1.54. The lowest BCUT2D eigenvalue weighted by Gasteiger charge is -2.73. The van der Waals surface area contributed by atoms with Crippen molar-refractivity contribution >= 4 is 0 Å². The highest BCUT2D eigenvalue weighted by Crippen LogP contribution is 2.77. The molecule has 0 spiro atoms. The Morgan fingerprint density at radius 3 is 2.13 bits per heavy atom. The van der Waals surface area contributed by atoms with Gasteiger partial charge in [-0.3, -0.25) is 0 Å². The molecular formula is C30H50O. The second-order valence-electron chi connectivity index (χ2n) is 14.7. The molecule has 0 bridgehead atoms. The molecule has 5 rings (SSSR count). The van der Waals surface area contributed by atoms with Gasteiger partial charge in [-0.1, -0.05) is 53.7 Å². The van der Waals surface area contributed by atoms with Crippen LogP contribution in [0, 0.1) is 56.7 Å². The monoisotopic (exact) mass is 426 g/mol. The third-order valence-electron chi connectivity index (χ3n) is 13.5. The first-order valence-corrected chi connectivity index (χ1v) is 13.6. The molecular weight excluding hydrogens is 376 g/mol.